The standard InChI is InChI=1S/C8H11NO7/c1-4(10)16-3-6(11)9-5(8(14)15)2-7(12)13/h5H,2-3H2,1H3,(H,9,11)(H,12,13)(H,14,15)/t5-/m0/s1. The highest BCUT2D eigenvalue weighted by atomic mass is 16.5. The SMILES string of the molecule is CC(=O)OCC(=O)N[C@@H](CC(=O)O)C(=O)O. The predicted octanol–water partition coefficient (Wildman–Crippen LogP) is -1.41. The van der Waals surface area contributed by atoms with Gasteiger partial charge in [0.2, 0.25) is 0 Å². The molecule has 0 aromatic rings. The molecule has 0 aliphatic rings. The van der Waals surface area contributed by atoms with Crippen LogP contribution in [-0.2, 0) is 23.9 Å². The second-order valence-electron chi connectivity index (χ2n) is 2.84. The van der Waals surface area contributed by atoms with E-state index in [4.69, 9.17) is 10.2 Å². The van der Waals surface area contributed by atoms with Crippen LogP contribution in [-0.4, -0.2) is 46.7 Å². The first kappa shape index (κ1) is 13.9. The Labute approximate surface area is 90.2 Å². The van der Waals surface area contributed by atoms with Crippen molar-refractivity contribution in [3.8, 4) is 0 Å². The second kappa shape index (κ2) is 6.38. The van der Waals surface area contributed by atoms with Crippen LogP contribution in [0.5, 0.6) is 0 Å². The van der Waals surface area contributed by atoms with Gasteiger partial charge in [0, 0.05) is 6.92 Å². The lowest BCUT2D eigenvalue weighted by Crippen LogP contribution is -2.43. The maximum atomic E-state index is 11.0. The van der Waals surface area contributed by atoms with Crippen LogP contribution >= 0.6 is 0 Å². The van der Waals surface area contributed by atoms with Crippen molar-refractivity contribution >= 4 is 23.8 Å². The molecular weight excluding hydrogens is 222 g/mol. The van der Waals surface area contributed by atoms with Crippen molar-refractivity contribution in [2.75, 3.05) is 6.61 Å². The van der Waals surface area contributed by atoms with E-state index in [1.54, 1.807) is 0 Å². The summed E-state index contributed by atoms with van der Waals surface area (Å²) in [5, 5.41) is 18.8. The van der Waals surface area contributed by atoms with Gasteiger partial charge in [0.25, 0.3) is 5.91 Å². The summed E-state index contributed by atoms with van der Waals surface area (Å²) in [7, 11) is 0. The zero-order chi connectivity index (χ0) is 12.7. The van der Waals surface area contributed by atoms with Crippen molar-refractivity contribution in [1.29, 1.82) is 0 Å². The Hall–Kier alpha value is -2.12. The predicted molar refractivity (Wildman–Crippen MR) is 48.5 cm³/mol. The van der Waals surface area contributed by atoms with Crippen LogP contribution in [0.4, 0.5) is 0 Å². The van der Waals surface area contributed by atoms with Crippen molar-refractivity contribution in [2.24, 2.45) is 0 Å². The minimum absolute atomic E-state index is 0.640. The zero-order valence-corrected chi connectivity index (χ0v) is 8.43. The van der Waals surface area contributed by atoms with Crippen LogP contribution in [0.2, 0.25) is 0 Å². The number of rotatable bonds is 6. The molecule has 1 atom stereocenters. The number of carbonyl (C=O) groups is 4. The molecule has 0 aliphatic carbocycles. The minimum atomic E-state index is -1.54. The number of carboxylic acid groups (broad SMARTS) is 2. The number of ether oxygens (including phenoxy) is 1. The summed E-state index contributed by atoms with van der Waals surface area (Å²) < 4.78 is 4.30. The van der Waals surface area contributed by atoms with Crippen molar-refractivity contribution in [3.63, 3.8) is 0 Å². The summed E-state index contributed by atoms with van der Waals surface area (Å²) in [4.78, 5) is 42.1. The Morgan fingerprint density at radius 2 is 1.81 bits per heavy atom. The summed E-state index contributed by atoms with van der Waals surface area (Å²) in [6, 6.07) is -1.54. The van der Waals surface area contributed by atoms with Gasteiger partial charge < -0.3 is 20.3 Å². The molecule has 0 bridgehead atoms. The van der Waals surface area contributed by atoms with E-state index in [9.17, 15) is 19.2 Å². The van der Waals surface area contributed by atoms with E-state index in [2.05, 4.69) is 4.74 Å². The first-order valence-electron chi connectivity index (χ1n) is 4.20. The molecule has 0 radical (unpaired) electrons. The molecular formula is C8H11NO7. The number of esters is 1. The summed E-state index contributed by atoms with van der Waals surface area (Å²) in [6.45, 7) is 0.442. The van der Waals surface area contributed by atoms with Gasteiger partial charge in [-0.05, 0) is 0 Å². The third kappa shape index (κ3) is 6.35. The molecule has 3 N–H and O–H groups in total. The van der Waals surface area contributed by atoms with Gasteiger partial charge in [0.15, 0.2) is 6.61 Å². The number of amides is 1. The van der Waals surface area contributed by atoms with Gasteiger partial charge in [0.1, 0.15) is 6.04 Å². The average molecular weight is 233 g/mol. The summed E-state index contributed by atoms with van der Waals surface area (Å²) in [5.41, 5.74) is 0. The number of aliphatic carboxylic acids is 2. The fraction of sp³-hybridized carbons (Fsp3) is 0.500. The van der Waals surface area contributed by atoms with Crippen molar-refractivity contribution < 1.29 is 34.1 Å². The largest absolute Gasteiger partial charge is 0.481 e. The zero-order valence-electron chi connectivity index (χ0n) is 8.43. The van der Waals surface area contributed by atoms with Crippen molar-refractivity contribution in [2.45, 2.75) is 19.4 Å². The lowest BCUT2D eigenvalue weighted by Gasteiger charge is -2.11. The summed E-state index contributed by atoms with van der Waals surface area (Å²) in [5.74, 6) is -4.40. The van der Waals surface area contributed by atoms with Gasteiger partial charge in [-0.1, -0.05) is 0 Å². The minimum Gasteiger partial charge on any atom is -0.481 e. The Kier molecular flexibility index (Phi) is 5.53. The van der Waals surface area contributed by atoms with Gasteiger partial charge in [-0.15, -0.1) is 0 Å². The van der Waals surface area contributed by atoms with Crippen LogP contribution in [0, 0.1) is 0 Å². The molecule has 16 heavy (non-hydrogen) atoms. The molecule has 90 valence electrons. The molecule has 8 heteroatoms. The molecule has 1 amide bonds. The highest BCUT2D eigenvalue weighted by Crippen LogP contribution is 1.93. The molecule has 0 aliphatic heterocycles. The second-order valence-corrected chi connectivity index (χ2v) is 2.84. The molecule has 0 aromatic heterocycles. The number of nitrogens with one attached hydrogen (secondary N) is 1. The van der Waals surface area contributed by atoms with Gasteiger partial charge in [-0.2, -0.15) is 0 Å². The Morgan fingerprint density at radius 3 is 2.19 bits per heavy atom. The fourth-order valence-electron chi connectivity index (χ4n) is 0.778. The lowest BCUT2D eigenvalue weighted by atomic mass is 10.2. The smallest absolute Gasteiger partial charge is 0.326 e. The summed E-state index contributed by atoms with van der Waals surface area (Å²) >= 11 is 0. The lowest BCUT2D eigenvalue weighted by molar-refractivity contribution is -0.150. The van der Waals surface area contributed by atoms with Crippen LogP contribution < -0.4 is 5.32 Å². The first-order valence-corrected chi connectivity index (χ1v) is 4.20. The maximum absolute atomic E-state index is 11.0. The molecule has 0 saturated heterocycles. The molecule has 0 spiro atoms. The highest BCUT2D eigenvalue weighted by Gasteiger charge is 2.23. The van der Waals surface area contributed by atoms with Crippen LogP contribution in [0.25, 0.3) is 0 Å². The molecule has 8 nitrogen and oxygen atoms in total. The van der Waals surface area contributed by atoms with E-state index in [1.165, 1.54) is 0 Å². The highest BCUT2D eigenvalue weighted by molar-refractivity contribution is 5.87. The topological polar surface area (TPSA) is 130 Å². The van der Waals surface area contributed by atoms with Crippen LogP contribution in [0.3, 0.4) is 0 Å². The quantitative estimate of drug-likeness (QED) is 0.480. The van der Waals surface area contributed by atoms with E-state index in [0.717, 1.165) is 6.92 Å². The molecule has 0 heterocycles. The molecule has 0 aromatic carbocycles. The monoisotopic (exact) mass is 233 g/mol. The first-order chi connectivity index (χ1) is 7.32. The number of hydrogen-bond acceptors (Lipinski definition) is 5. The van der Waals surface area contributed by atoms with Crippen LogP contribution in [0.15, 0.2) is 0 Å². The summed E-state index contributed by atoms with van der Waals surface area (Å²) in [6.07, 6.45) is -0.749. The normalized spacial score (nSPS) is 11.3. The Bertz CT molecular complexity index is 312. The number of carboxylic acids is 2. The van der Waals surface area contributed by atoms with Crippen molar-refractivity contribution in [1.82, 2.24) is 5.32 Å². The van der Waals surface area contributed by atoms with Gasteiger partial charge >= 0.3 is 17.9 Å². The molecule has 0 rings (SSSR count). The van der Waals surface area contributed by atoms with E-state index in [-0.39, 0.29) is 0 Å². The molecule has 0 unspecified atom stereocenters. The fourth-order valence-corrected chi connectivity index (χ4v) is 0.778. The Morgan fingerprint density at radius 1 is 1.25 bits per heavy atom. The van der Waals surface area contributed by atoms with E-state index in [0.29, 0.717) is 0 Å². The van der Waals surface area contributed by atoms with Crippen molar-refractivity contribution in [3.05, 3.63) is 0 Å². The Balaban J connectivity index is 4.18. The third-order valence-corrected chi connectivity index (χ3v) is 1.42. The van der Waals surface area contributed by atoms with Gasteiger partial charge in [-0.3, -0.25) is 14.4 Å². The van der Waals surface area contributed by atoms with Gasteiger partial charge in [-0.25, -0.2) is 4.79 Å². The number of carbonyl (C=O) groups excluding carboxylic acids is 2. The van der Waals surface area contributed by atoms with E-state index >= 15 is 0 Å². The molecule has 0 saturated carbocycles. The van der Waals surface area contributed by atoms with Crippen LogP contribution in [0.1, 0.15) is 13.3 Å². The maximum Gasteiger partial charge on any atom is 0.326 e. The van der Waals surface area contributed by atoms with E-state index < -0.39 is 42.9 Å². The average Bonchev–Trinajstić information content (AvgIpc) is 2.12. The third-order valence-electron chi connectivity index (χ3n) is 1.42. The van der Waals surface area contributed by atoms with Gasteiger partial charge in [0.05, 0.1) is 6.42 Å². The van der Waals surface area contributed by atoms with E-state index in [1.807, 2.05) is 5.32 Å². The number of hydrogen-bond donors (Lipinski definition) is 3. The molecule has 0 fully saturated rings.